The van der Waals surface area contributed by atoms with Crippen LogP contribution in [0.1, 0.15) is 42.0 Å². The number of hydrogen-bond acceptors (Lipinski definition) is 5. The molecule has 2 aliphatic rings. The van der Waals surface area contributed by atoms with E-state index in [1.54, 1.807) is 24.3 Å². The first-order valence-electron chi connectivity index (χ1n) is 7.93. The summed E-state index contributed by atoms with van der Waals surface area (Å²) in [6.45, 7) is 4.15. The highest BCUT2D eigenvalue weighted by Crippen LogP contribution is 2.58. The van der Waals surface area contributed by atoms with Crippen molar-refractivity contribution in [2.45, 2.75) is 31.2 Å². The molecule has 0 amide bonds. The van der Waals surface area contributed by atoms with Gasteiger partial charge >= 0.3 is 0 Å². The van der Waals surface area contributed by atoms with Crippen LogP contribution in [-0.2, 0) is 16.2 Å². The number of benzene rings is 2. The third kappa shape index (κ3) is 1.63. The Kier molecular flexibility index (Phi) is 3.04. The van der Waals surface area contributed by atoms with E-state index in [0.717, 1.165) is 5.56 Å². The maximum Gasteiger partial charge on any atom is 0.275 e. The van der Waals surface area contributed by atoms with Crippen molar-refractivity contribution in [3.8, 4) is 5.75 Å². The van der Waals surface area contributed by atoms with Crippen LogP contribution in [0.25, 0.3) is 0 Å². The lowest BCUT2D eigenvalue weighted by molar-refractivity contribution is -0.219. The fourth-order valence-corrected chi connectivity index (χ4v) is 3.62. The maximum atomic E-state index is 11.5. The van der Waals surface area contributed by atoms with Gasteiger partial charge in [0.15, 0.2) is 0 Å². The van der Waals surface area contributed by atoms with Crippen molar-refractivity contribution >= 4 is 5.71 Å². The van der Waals surface area contributed by atoms with Crippen molar-refractivity contribution in [3.63, 3.8) is 0 Å². The van der Waals surface area contributed by atoms with Gasteiger partial charge in [0.25, 0.3) is 5.79 Å². The van der Waals surface area contributed by atoms with Gasteiger partial charge in [-0.05, 0) is 17.5 Å². The zero-order valence-electron chi connectivity index (χ0n) is 13.8. The highest BCUT2D eigenvalue weighted by Gasteiger charge is 2.69. The number of rotatable bonds is 2. The van der Waals surface area contributed by atoms with Crippen LogP contribution in [0.4, 0.5) is 0 Å². The van der Waals surface area contributed by atoms with E-state index >= 15 is 0 Å². The summed E-state index contributed by atoms with van der Waals surface area (Å²) in [7, 11) is 1.41. The van der Waals surface area contributed by atoms with Crippen LogP contribution in [0.2, 0.25) is 0 Å². The van der Waals surface area contributed by atoms with Crippen molar-refractivity contribution in [2.24, 2.45) is 5.16 Å². The molecule has 0 fully saturated rings. The fraction of sp³-hybridized carbons (Fsp3) is 0.316. The summed E-state index contributed by atoms with van der Waals surface area (Å²) in [4.78, 5) is 4.94. The van der Waals surface area contributed by atoms with E-state index in [1.807, 2.05) is 18.2 Å². The van der Waals surface area contributed by atoms with E-state index in [-0.39, 0.29) is 5.71 Å². The zero-order valence-corrected chi connectivity index (χ0v) is 13.8. The molecule has 0 saturated carbocycles. The molecule has 2 aromatic rings. The Morgan fingerprint density at radius 3 is 2.54 bits per heavy atom. The molecule has 0 spiro atoms. The summed E-state index contributed by atoms with van der Waals surface area (Å²) >= 11 is 0. The van der Waals surface area contributed by atoms with Crippen molar-refractivity contribution in [3.05, 3.63) is 64.7 Å². The highest BCUT2D eigenvalue weighted by atomic mass is 16.7. The van der Waals surface area contributed by atoms with E-state index < -0.39 is 11.4 Å². The minimum atomic E-state index is -1.92. The van der Waals surface area contributed by atoms with Gasteiger partial charge in [0.2, 0.25) is 5.60 Å². The number of hydrogen-bond donors (Lipinski definition) is 2. The van der Waals surface area contributed by atoms with Crippen LogP contribution in [0.3, 0.4) is 0 Å². The van der Waals surface area contributed by atoms with Gasteiger partial charge in [0, 0.05) is 16.7 Å². The average Bonchev–Trinajstić information content (AvgIpc) is 2.90. The third-order valence-electron chi connectivity index (χ3n) is 4.88. The molecule has 1 heterocycles. The SMILES string of the molecule is CO/N=C1\c2ccccc2C2(O)Oc3cc(C(C)C)ccc3C12O. The second-order valence-corrected chi connectivity index (χ2v) is 6.53. The van der Waals surface area contributed by atoms with Gasteiger partial charge in [-0.2, -0.15) is 0 Å². The summed E-state index contributed by atoms with van der Waals surface area (Å²) in [6, 6.07) is 12.7. The van der Waals surface area contributed by atoms with Crippen LogP contribution >= 0.6 is 0 Å². The van der Waals surface area contributed by atoms with Gasteiger partial charge in [-0.15, -0.1) is 0 Å². The standard InChI is InChI=1S/C19H19NO4/c1-11(2)12-8-9-15-16(10-12)24-19(22)14-7-5-4-6-13(14)17(20-23-3)18(15,19)21/h4-11,21-22H,1-3H3/b20-17+. The molecule has 124 valence electrons. The predicted octanol–water partition coefficient (Wildman–Crippen LogP) is 2.60. The molecule has 2 atom stereocenters. The predicted molar refractivity (Wildman–Crippen MR) is 88.9 cm³/mol. The van der Waals surface area contributed by atoms with Crippen molar-refractivity contribution < 1.29 is 19.8 Å². The molecule has 0 saturated heterocycles. The summed E-state index contributed by atoms with van der Waals surface area (Å²) in [5.41, 5.74) is 1.09. The normalized spacial score (nSPS) is 28.5. The number of aliphatic hydroxyl groups is 2. The van der Waals surface area contributed by atoms with E-state index in [4.69, 9.17) is 9.57 Å². The van der Waals surface area contributed by atoms with E-state index in [9.17, 15) is 10.2 Å². The van der Waals surface area contributed by atoms with E-state index in [1.165, 1.54) is 7.11 Å². The van der Waals surface area contributed by atoms with Crippen LogP contribution < -0.4 is 4.74 Å². The molecule has 4 rings (SSSR count). The molecule has 24 heavy (non-hydrogen) atoms. The van der Waals surface area contributed by atoms with Crippen LogP contribution in [0, 0.1) is 0 Å². The Bertz CT molecular complexity index is 860. The summed E-state index contributed by atoms with van der Waals surface area (Å²) in [6.07, 6.45) is 0. The molecule has 0 aromatic heterocycles. The van der Waals surface area contributed by atoms with Gasteiger partial charge in [0.1, 0.15) is 18.6 Å². The summed E-state index contributed by atoms with van der Waals surface area (Å²) < 4.78 is 5.88. The first kappa shape index (κ1) is 15.2. The summed E-state index contributed by atoms with van der Waals surface area (Å²) in [5.74, 6) is -1.15. The molecular formula is C19H19NO4. The zero-order chi connectivity index (χ0) is 17.1. The minimum absolute atomic E-state index is 0.249. The molecule has 1 aliphatic carbocycles. The van der Waals surface area contributed by atoms with Crippen LogP contribution in [-0.4, -0.2) is 23.0 Å². The lowest BCUT2D eigenvalue weighted by Crippen LogP contribution is -2.48. The van der Waals surface area contributed by atoms with Gasteiger partial charge in [0.05, 0.1) is 0 Å². The number of oxime groups is 1. The van der Waals surface area contributed by atoms with Crippen molar-refractivity contribution in [1.29, 1.82) is 0 Å². The Morgan fingerprint density at radius 2 is 1.83 bits per heavy atom. The van der Waals surface area contributed by atoms with Crippen molar-refractivity contribution in [2.75, 3.05) is 7.11 Å². The van der Waals surface area contributed by atoms with Gasteiger partial charge in [-0.1, -0.05) is 55.4 Å². The minimum Gasteiger partial charge on any atom is -0.454 e. The lowest BCUT2D eigenvalue weighted by atomic mass is 9.85. The molecule has 2 N–H and O–H groups in total. The largest absolute Gasteiger partial charge is 0.454 e. The second kappa shape index (κ2) is 4.82. The first-order valence-corrected chi connectivity index (χ1v) is 7.93. The van der Waals surface area contributed by atoms with Crippen LogP contribution in [0.5, 0.6) is 5.75 Å². The lowest BCUT2D eigenvalue weighted by Gasteiger charge is -2.30. The topological polar surface area (TPSA) is 71.3 Å². The van der Waals surface area contributed by atoms with Gasteiger partial charge < -0.3 is 19.8 Å². The molecule has 5 nitrogen and oxygen atoms in total. The highest BCUT2D eigenvalue weighted by molar-refractivity contribution is 6.12. The quantitative estimate of drug-likeness (QED) is 0.833. The monoisotopic (exact) mass is 325 g/mol. The van der Waals surface area contributed by atoms with Gasteiger partial charge in [-0.3, -0.25) is 0 Å². The Hall–Kier alpha value is -2.37. The van der Waals surface area contributed by atoms with Gasteiger partial charge in [-0.25, -0.2) is 0 Å². The molecule has 2 unspecified atom stereocenters. The fourth-order valence-electron chi connectivity index (χ4n) is 3.62. The number of fused-ring (bicyclic) bond motifs is 5. The maximum absolute atomic E-state index is 11.5. The molecule has 0 radical (unpaired) electrons. The molecule has 1 aliphatic heterocycles. The third-order valence-corrected chi connectivity index (χ3v) is 4.88. The molecule has 2 aromatic carbocycles. The molecule has 0 bridgehead atoms. The van der Waals surface area contributed by atoms with Crippen molar-refractivity contribution in [1.82, 2.24) is 0 Å². The summed E-state index contributed by atoms with van der Waals surface area (Å²) in [5, 5.41) is 26.8. The number of ether oxygens (including phenoxy) is 1. The van der Waals surface area contributed by atoms with Crippen LogP contribution in [0.15, 0.2) is 47.6 Å². The smallest absolute Gasteiger partial charge is 0.275 e. The first-order chi connectivity index (χ1) is 11.4. The number of nitrogens with zero attached hydrogens (tertiary/aromatic N) is 1. The average molecular weight is 325 g/mol. The molecule has 5 heteroatoms. The second-order valence-electron chi connectivity index (χ2n) is 6.53. The Labute approximate surface area is 140 Å². The Morgan fingerprint density at radius 1 is 1.08 bits per heavy atom. The van der Waals surface area contributed by atoms with E-state index in [0.29, 0.717) is 28.4 Å². The Balaban J connectivity index is 1.99. The van der Waals surface area contributed by atoms with E-state index in [2.05, 4.69) is 19.0 Å². The molecular weight excluding hydrogens is 306 g/mol.